The van der Waals surface area contributed by atoms with Crippen LogP contribution in [0.2, 0.25) is 0 Å². The Labute approximate surface area is 118 Å². The van der Waals surface area contributed by atoms with Gasteiger partial charge in [0.2, 0.25) is 0 Å². The van der Waals surface area contributed by atoms with Gasteiger partial charge in [0.05, 0.1) is 0 Å². The van der Waals surface area contributed by atoms with Crippen LogP contribution in [-0.4, -0.2) is 31.1 Å². The van der Waals surface area contributed by atoms with Crippen molar-refractivity contribution in [1.29, 1.82) is 0 Å². The predicted molar refractivity (Wildman–Crippen MR) is 82.3 cm³/mol. The first-order chi connectivity index (χ1) is 9.35. The lowest BCUT2D eigenvalue weighted by atomic mass is 9.96. The first-order valence-corrected chi connectivity index (χ1v) is 7.84. The number of hydrogen-bond acceptors (Lipinski definition) is 2. The van der Waals surface area contributed by atoms with Gasteiger partial charge < -0.3 is 5.32 Å². The van der Waals surface area contributed by atoms with E-state index in [2.05, 4.69) is 54.4 Å². The van der Waals surface area contributed by atoms with Gasteiger partial charge >= 0.3 is 0 Å². The van der Waals surface area contributed by atoms with Crippen LogP contribution < -0.4 is 5.32 Å². The molecule has 0 radical (unpaired) electrons. The largest absolute Gasteiger partial charge is 0.316 e. The Kier molecular flexibility index (Phi) is 5.87. The molecule has 2 unspecified atom stereocenters. The molecular weight excluding hydrogens is 232 g/mol. The van der Waals surface area contributed by atoms with Crippen LogP contribution in [-0.2, 0) is 0 Å². The van der Waals surface area contributed by atoms with Crippen LogP contribution in [0, 0.1) is 5.92 Å². The standard InChI is InChI=1S/C17H28N2/c1-3-17(16-10-6-5-7-11-16)19(4-2)14-15-9-8-12-18-13-15/h5-7,10-11,15,17-18H,3-4,8-9,12-14H2,1-2H3. The molecule has 0 spiro atoms. The zero-order chi connectivity index (χ0) is 13.5. The highest BCUT2D eigenvalue weighted by atomic mass is 15.2. The van der Waals surface area contributed by atoms with Gasteiger partial charge in [-0.1, -0.05) is 44.2 Å². The molecule has 106 valence electrons. The van der Waals surface area contributed by atoms with E-state index >= 15 is 0 Å². The summed E-state index contributed by atoms with van der Waals surface area (Å²) in [5.41, 5.74) is 1.47. The summed E-state index contributed by atoms with van der Waals surface area (Å²) < 4.78 is 0. The smallest absolute Gasteiger partial charge is 0.0345 e. The average Bonchev–Trinajstić information content (AvgIpc) is 2.49. The molecule has 1 fully saturated rings. The van der Waals surface area contributed by atoms with E-state index in [0.717, 1.165) is 12.5 Å². The maximum atomic E-state index is 3.53. The first-order valence-electron chi connectivity index (χ1n) is 7.84. The third-order valence-corrected chi connectivity index (χ3v) is 4.31. The monoisotopic (exact) mass is 260 g/mol. The lowest BCUT2D eigenvalue weighted by Gasteiger charge is -2.35. The van der Waals surface area contributed by atoms with E-state index in [0.29, 0.717) is 6.04 Å². The van der Waals surface area contributed by atoms with E-state index < -0.39 is 0 Å². The Balaban J connectivity index is 2.01. The summed E-state index contributed by atoms with van der Waals surface area (Å²) in [4.78, 5) is 2.66. The third-order valence-electron chi connectivity index (χ3n) is 4.31. The summed E-state index contributed by atoms with van der Waals surface area (Å²) in [7, 11) is 0. The van der Waals surface area contributed by atoms with Crippen molar-refractivity contribution in [3.05, 3.63) is 35.9 Å². The molecule has 0 bridgehead atoms. The SMILES string of the molecule is CCC(c1ccccc1)N(CC)CC1CCCNC1. The first kappa shape index (κ1) is 14.5. The fourth-order valence-corrected chi connectivity index (χ4v) is 3.27. The normalized spacial score (nSPS) is 21.5. The van der Waals surface area contributed by atoms with E-state index in [9.17, 15) is 0 Å². The molecule has 0 amide bonds. The lowest BCUT2D eigenvalue weighted by molar-refractivity contribution is 0.157. The molecule has 19 heavy (non-hydrogen) atoms. The summed E-state index contributed by atoms with van der Waals surface area (Å²) in [6.07, 6.45) is 3.91. The van der Waals surface area contributed by atoms with Crippen LogP contribution in [0.5, 0.6) is 0 Å². The number of hydrogen-bond donors (Lipinski definition) is 1. The van der Waals surface area contributed by atoms with E-state index in [4.69, 9.17) is 0 Å². The number of nitrogens with zero attached hydrogens (tertiary/aromatic N) is 1. The molecule has 2 rings (SSSR count). The zero-order valence-corrected chi connectivity index (χ0v) is 12.4. The molecule has 2 atom stereocenters. The van der Waals surface area contributed by atoms with Crippen LogP contribution in [0.25, 0.3) is 0 Å². The van der Waals surface area contributed by atoms with Gasteiger partial charge in [-0.2, -0.15) is 0 Å². The lowest BCUT2D eigenvalue weighted by Crippen LogP contribution is -2.39. The number of rotatable bonds is 6. The molecule has 0 aliphatic carbocycles. The quantitative estimate of drug-likeness (QED) is 0.842. The Morgan fingerprint density at radius 1 is 1.26 bits per heavy atom. The second-order valence-electron chi connectivity index (χ2n) is 5.63. The second-order valence-corrected chi connectivity index (χ2v) is 5.63. The molecule has 1 saturated heterocycles. The topological polar surface area (TPSA) is 15.3 Å². The van der Waals surface area contributed by atoms with Crippen LogP contribution in [0.1, 0.15) is 44.7 Å². The minimum atomic E-state index is 0.577. The van der Waals surface area contributed by atoms with E-state index in [1.165, 1.54) is 44.5 Å². The number of piperidine rings is 1. The van der Waals surface area contributed by atoms with Gasteiger partial charge in [-0.25, -0.2) is 0 Å². The molecule has 0 saturated carbocycles. The average molecular weight is 260 g/mol. The summed E-state index contributed by atoms with van der Waals surface area (Å²) in [5, 5.41) is 3.53. The molecule has 1 aromatic carbocycles. The van der Waals surface area contributed by atoms with Crippen LogP contribution in [0.3, 0.4) is 0 Å². The van der Waals surface area contributed by atoms with Crippen LogP contribution in [0.15, 0.2) is 30.3 Å². The van der Waals surface area contributed by atoms with Gasteiger partial charge in [0.25, 0.3) is 0 Å². The van der Waals surface area contributed by atoms with E-state index in [1.807, 2.05) is 0 Å². The van der Waals surface area contributed by atoms with Crippen molar-refractivity contribution >= 4 is 0 Å². The highest BCUT2D eigenvalue weighted by molar-refractivity contribution is 5.18. The highest BCUT2D eigenvalue weighted by Gasteiger charge is 2.22. The molecule has 1 N–H and O–H groups in total. The summed E-state index contributed by atoms with van der Waals surface area (Å²) in [6, 6.07) is 11.6. The second kappa shape index (κ2) is 7.66. The summed E-state index contributed by atoms with van der Waals surface area (Å²) in [5.74, 6) is 0.825. The third kappa shape index (κ3) is 4.05. The van der Waals surface area contributed by atoms with Gasteiger partial charge in [0.1, 0.15) is 0 Å². The van der Waals surface area contributed by atoms with Crippen molar-refractivity contribution in [3.63, 3.8) is 0 Å². The molecule has 1 aliphatic rings. The molecule has 0 aromatic heterocycles. The molecule has 1 heterocycles. The fraction of sp³-hybridized carbons (Fsp3) is 0.647. The van der Waals surface area contributed by atoms with Gasteiger partial charge in [0, 0.05) is 12.6 Å². The summed E-state index contributed by atoms with van der Waals surface area (Å²) in [6.45, 7) is 9.38. The van der Waals surface area contributed by atoms with Crippen molar-refractivity contribution in [2.75, 3.05) is 26.2 Å². The van der Waals surface area contributed by atoms with Gasteiger partial charge in [0.15, 0.2) is 0 Å². The summed E-state index contributed by atoms with van der Waals surface area (Å²) >= 11 is 0. The molecule has 2 heteroatoms. The Morgan fingerprint density at radius 3 is 2.63 bits per heavy atom. The number of benzene rings is 1. The maximum Gasteiger partial charge on any atom is 0.0345 e. The Hall–Kier alpha value is -0.860. The van der Waals surface area contributed by atoms with Crippen molar-refractivity contribution in [2.45, 2.75) is 39.2 Å². The predicted octanol–water partition coefficient (Wildman–Crippen LogP) is 3.46. The molecular formula is C17H28N2. The number of nitrogens with one attached hydrogen (secondary N) is 1. The van der Waals surface area contributed by atoms with Crippen molar-refractivity contribution in [1.82, 2.24) is 10.2 Å². The van der Waals surface area contributed by atoms with E-state index in [1.54, 1.807) is 0 Å². The molecule has 1 aromatic rings. The van der Waals surface area contributed by atoms with Crippen molar-refractivity contribution in [2.24, 2.45) is 5.92 Å². The zero-order valence-electron chi connectivity index (χ0n) is 12.4. The fourth-order valence-electron chi connectivity index (χ4n) is 3.27. The molecule has 1 aliphatic heterocycles. The van der Waals surface area contributed by atoms with Crippen LogP contribution >= 0.6 is 0 Å². The maximum absolute atomic E-state index is 3.53. The van der Waals surface area contributed by atoms with Gasteiger partial charge in [-0.05, 0) is 50.4 Å². The minimum absolute atomic E-state index is 0.577. The Morgan fingerprint density at radius 2 is 2.05 bits per heavy atom. The van der Waals surface area contributed by atoms with Crippen LogP contribution in [0.4, 0.5) is 0 Å². The van der Waals surface area contributed by atoms with Crippen molar-refractivity contribution < 1.29 is 0 Å². The minimum Gasteiger partial charge on any atom is -0.316 e. The highest BCUT2D eigenvalue weighted by Crippen LogP contribution is 2.25. The van der Waals surface area contributed by atoms with Crippen molar-refractivity contribution in [3.8, 4) is 0 Å². The van der Waals surface area contributed by atoms with E-state index in [-0.39, 0.29) is 0 Å². The van der Waals surface area contributed by atoms with Gasteiger partial charge in [-0.3, -0.25) is 4.90 Å². The molecule has 2 nitrogen and oxygen atoms in total. The van der Waals surface area contributed by atoms with Gasteiger partial charge in [-0.15, -0.1) is 0 Å². The Bertz CT molecular complexity index is 344.